The second-order valence-corrected chi connectivity index (χ2v) is 2.21. The van der Waals surface area contributed by atoms with E-state index in [4.69, 9.17) is 0 Å². The molecule has 0 fully saturated rings. The van der Waals surface area contributed by atoms with Gasteiger partial charge in [0.1, 0.15) is 0 Å². The molecule has 0 aliphatic carbocycles. The highest BCUT2D eigenvalue weighted by atomic mass is 16.6. The van der Waals surface area contributed by atoms with E-state index in [2.05, 4.69) is 0 Å². The first-order chi connectivity index (χ1) is 5.11. The van der Waals surface area contributed by atoms with Crippen molar-refractivity contribution >= 4 is 5.69 Å². The molecule has 4 heteroatoms. The van der Waals surface area contributed by atoms with E-state index in [9.17, 15) is 15.2 Å². The molecule has 1 aromatic carbocycles. The van der Waals surface area contributed by atoms with Crippen LogP contribution in [0, 0.1) is 17.0 Å². The van der Waals surface area contributed by atoms with Crippen LogP contribution in [0.2, 0.25) is 0 Å². The first-order valence-electron chi connectivity index (χ1n) is 3.03. The first kappa shape index (κ1) is 7.53. The molecule has 57 valence electrons. The average molecular weight is 152 g/mol. The molecule has 0 atom stereocenters. The van der Waals surface area contributed by atoms with E-state index in [1.165, 1.54) is 18.2 Å². The van der Waals surface area contributed by atoms with Crippen LogP contribution in [0.5, 0.6) is 5.75 Å². The average Bonchev–Trinajstić information content (AvgIpc) is 1.94. The van der Waals surface area contributed by atoms with Gasteiger partial charge in [-0.25, -0.2) is 0 Å². The smallest absolute Gasteiger partial charge is 0.269 e. The normalized spacial score (nSPS) is 9.55. The quantitative estimate of drug-likeness (QED) is 0.456. The highest BCUT2D eigenvalue weighted by Crippen LogP contribution is 2.21. The molecule has 0 heterocycles. The summed E-state index contributed by atoms with van der Waals surface area (Å²) in [5.41, 5.74) is 0.362. The summed E-state index contributed by atoms with van der Waals surface area (Å²) in [7, 11) is 0. The lowest BCUT2D eigenvalue weighted by Crippen LogP contribution is -1.87. The molecular formula is C7H6NO3. The van der Waals surface area contributed by atoms with Crippen LogP contribution < -0.4 is 0 Å². The fourth-order valence-electron chi connectivity index (χ4n) is 0.747. The summed E-state index contributed by atoms with van der Waals surface area (Å²) in [6, 6.07) is 3.67. The number of nitro benzene ring substituents is 1. The largest absolute Gasteiger partial charge is 0.290 e. The predicted molar refractivity (Wildman–Crippen MR) is 38.0 cm³/mol. The Bertz CT molecular complexity index is 296. The van der Waals surface area contributed by atoms with E-state index in [1.54, 1.807) is 6.92 Å². The minimum absolute atomic E-state index is 0.0397. The maximum absolute atomic E-state index is 10.8. The summed E-state index contributed by atoms with van der Waals surface area (Å²) in [5.74, 6) is -0.171. The number of hydrogen-bond donors (Lipinski definition) is 0. The Morgan fingerprint density at radius 2 is 2.09 bits per heavy atom. The monoisotopic (exact) mass is 152 g/mol. The van der Waals surface area contributed by atoms with Crippen molar-refractivity contribution in [1.82, 2.24) is 0 Å². The lowest BCUT2D eigenvalue weighted by Gasteiger charge is -1.93. The van der Waals surface area contributed by atoms with E-state index in [-0.39, 0.29) is 11.4 Å². The molecule has 0 bridgehead atoms. The molecule has 1 radical (unpaired) electrons. The third-order valence-electron chi connectivity index (χ3n) is 1.37. The summed E-state index contributed by atoms with van der Waals surface area (Å²) in [4.78, 5) is 9.65. The fourth-order valence-corrected chi connectivity index (χ4v) is 0.747. The molecule has 0 aliphatic rings. The molecule has 1 aromatic rings. The van der Waals surface area contributed by atoms with Crippen molar-refractivity contribution in [3.8, 4) is 5.75 Å². The topological polar surface area (TPSA) is 63.0 Å². The Balaban J connectivity index is 3.15. The van der Waals surface area contributed by atoms with Crippen molar-refractivity contribution in [2.75, 3.05) is 0 Å². The maximum Gasteiger partial charge on any atom is 0.269 e. The van der Waals surface area contributed by atoms with Gasteiger partial charge in [-0.3, -0.25) is 15.2 Å². The Kier molecular flexibility index (Phi) is 1.76. The summed E-state index contributed by atoms with van der Waals surface area (Å²) < 4.78 is 0. The Morgan fingerprint density at radius 1 is 1.45 bits per heavy atom. The van der Waals surface area contributed by atoms with Gasteiger partial charge in [0.15, 0.2) is 5.75 Å². The van der Waals surface area contributed by atoms with Crippen molar-refractivity contribution < 1.29 is 10.0 Å². The number of benzene rings is 1. The summed E-state index contributed by atoms with van der Waals surface area (Å²) in [6.45, 7) is 1.55. The Morgan fingerprint density at radius 3 is 2.55 bits per heavy atom. The predicted octanol–water partition coefficient (Wildman–Crippen LogP) is 2.05. The van der Waals surface area contributed by atoms with Crippen LogP contribution in [0.25, 0.3) is 0 Å². The second-order valence-electron chi connectivity index (χ2n) is 2.21. The van der Waals surface area contributed by atoms with Crippen molar-refractivity contribution in [2.45, 2.75) is 6.92 Å². The SMILES string of the molecule is Cc1cc([N+](=O)[O-])ccc1[O]. The van der Waals surface area contributed by atoms with E-state index >= 15 is 0 Å². The highest BCUT2D eigenvalue weighted by molar-refractivity contribution is 5.41. The Labute approximate surface area is 63.2 Å². The number of aryl methyl sites for hydroxylation is 1. The zero-order valence-corrected chi connectivity index (χ0v) is 5.90. The zero-order valence-electron chi connectivity index (χ0n) is 5.90. The molecule has 4 nitrogen and oxygen atoms in total. The molecule has 1 rings (SSSR count). The zero-order chi connectivity index (χ0) is 8.43. The summed E-state index contributed by atoms with van der Waals surface area (Å²) in [6.07, 6.45) is 0. The van der Waals surface area contributed by atoms with Crippen LogP contribution in [-0.2, 0) is 5.11 Å². The van der Waals surface area contributed by atoms with E-state index in [1.807, 2.05) is 0 Å². The van der Waals surface area contributed by atoms with Gasteiger partial charge in [-0.1, -0.05) is 0 Å². The Hall–Kier alpha value is -1.58. The molecular weight excluding hydrogens is 146 g/mol. The molecule has 0 unspecified atom stereocenters. The highest BCUT2D eigenvalue weighted by Gasteiger charge is 2.07. The number of rotatable bonds is 1. The first-order valence-corrected chi connectivity index (χ1v) is 3.03. The van der Waals surface area contributed by atoms with Gasteiger partial charge in [-0.05, 0) is 13.0 Å². The minimum atomic E-state index is -0.521. The van der Waals surface area contributed by atoms with Crippen LogP contribution in [0.1, 0.15) is 5.56 Å². The van der Waals surface area contributed by atoms with Gasteiger partial charge in [0.2, 0.25) is 0 Å². The molecule has 0 saturated heterocycles. The van der Waals surface area contributed by atoms with Crippen molar-refractivity contribution in [1.29, 1.82) is 0 Å². The molecule has 11 heavy (non-hydrogen) atoms. The lowest BCUT2D eigenvalue weighted by atomic mass is 10.2. The number of hydrogen-bond acceptors (Lipinski definition) is 2. The number of nitrogens with zero attached hydrogens (tertiary/aromatic N) is 1. The second kappa shape index (κ2) is 2.57. The van der Waals surface area contributed by atoms with Crippen molar-refractivity contribution in [3.05, 3.63) is 33.9 Å². The van der Waals surface area contributed by atoms with Crippen LogP contribution >= 0.6 is 0 Å². The standard InChI is InChI=1S/C7H6NO3/c1-5-4-6(8(10)11)2-3-7(5)9/h2-4H,1H3. The van der Waals surface area contributed by atoms with E-state index in [0.717, 1.165) is 0 Å². The molecule has 0 spiro atoms. The van der Waals surface area contributed by atoms with Crippen LogP contribution in [0.15, 0.2) is 18.2 Å². The van der Waals surface area contributed by atoms with Crippen LogP contribution in [0.4, 0.5) is 5.69 Å². The number of non-ortho nitro benzene ring substituents is 1. The molecule has 0 saturated carbocycles. The van der Waals surface area contributed by atoms with Gasteiger partial charge in [0.25, 0.3) is 5.69 Å². The summed E-state index contributed by atoms with van der Waals surface area (Å²) >= 11 is 0. The van der Waals surface area contributed by atoms with Crippen molar-refractivity contribution in [2.24, 2.45) is 0 Å². The van der Waals surface area contributed by atoms with Crippen molar-refractivity contribution in [3.63, 3.8) is 0 Å². The third kappa shape index (κ3) is 1.46. The number of nitro groups is 1. The molecule has 0 aliphatic heterocycles. The van der Waals surface area contributed by atoms with E-state index < -0.39 is 4.92 Å². The van der Waals surface area contributed by atoms with Crippen LogP contribution in [0.3, 0.4) is 0 Å². The summed E-state index contributed by atoms with van der Waals surface area (Å²) in [5, 5.41) is 20.9. The van der Waals surface area contributed by atoms with Gasteiger partial charge in [0.05, 0.1) is 4.92 Å². The van der Waals surface area contributed by atoms with Gasteiger partial charge < -0.3 is 0 Å². The van der Waals surface area contributed by atoms with Crippen LogP contribution in [-0.4, -0.2) is 4.92 Å². The van der Waals surface area contributed by atoms with Gasteiger partial charge in [0, 0.05) is 17.7 Å². The van der Waals surface area contributed by atoms with Gasteiger partial charge in [-0.2, -0.15) is 0 Å². The minimum Gasteiger partial charge on any atom is -0.290 e. The van der Waals surface area contributed by atoms with E-state index in [0.29, 0.717) is 5.56 Å². The molecule has 0 N–H and O–H groups in total. The maximum atomic E-state index is 10.8. The fraction of sp³-hybridized carbons (Fsp3) is 0.143. The lowest BCUT2D eigenvalue weighted by molar-refractivity contribution is -0.384. The molecule has 0 aromatic heterocycles. The molecule has 0 amide bonds. The van der Waals surface area contributed by atoms with Gasteiger partial charge in [-0.15, -0.1) is 0 Å². The van der Waals surface area contributed by atoms with Gasteiger partial charge >= 0.3 is 0 Å². The third-order valence-corrected chi connectivity index (χ3v) is 1.37.